The van der Waals surface area contributed by atoms with Gasteiger partial charge in [-0.25, -0.2) is 0 Å². The number of nitrogens with zero attached hydrogens (tertiary/aromatic N) is 2. The molecule has 2 atom stereocenters. The summed E-state index contributed by atoms with van der Waals surface area (Å²) in [6.45, 7) is 3.89. The minimum Gasteiger partial charge on any atom is -0.315 e. The van der Waals surface area contributed by atoms with Crippen LogP contribution in [0.2, 0.25) is 0 Å². The molecule has 0 radical (unpaired) electrons. The van der Waals surface area contributed by atoms with Gasteiger partial charge in [-0.3, -0.25) is 9.48 Å². The lowest BCUT2D eigenvalue weighted by Gasteiger charge is -2.10. The first-order valence-electron chi connectivity index (χ1n) is 6.84. The van der Waals surface area contributed by atoms with Crippen LogP contribution in [-0.4, -0.2) is 28.8 Å². The van der Waals surface area contributed by atoms with Crippen molar-refractivity contribution in [1.29, 1.82) is 0 Å². The van der Waals surface area contributed by atoms with Crippen LogP contribution in [0.5, 0.6) is 0 Å². The van der Waals surface area contributed by atoms with Crippen molar-refractivity contribution in [3.05, 3.63) is 34.7 Å². The first-order chi connectivity index (χ1) is 9.74. The van der Waals surface area contributed by atoms with Crippen molar-refractivity contribution in [2.24, 2.45) is 0 Å². The molecule has 3 heterocycles. The standard InChI is InChI=1S/C14H18N4OS/c1-10(12-3-2-8-20-12)14(19)16-13-5-7-18(17-13)11-4-6-15-9-11/h2-3,5,7-8,10-11,15H,4,6,9H2,1H3,(H,16,17,19)/t10-,11+/m1/s1. The molecule has 0 aromatic carbocycles. The van der Waals surface area contributed by atoms with E-state index in [0.717, 1.165) is 24.4 Å². The van der Waals surface area contributed by atoms with Gasteiger partial charge < -0.3 is 10.6 Å². The Kier molecular flexibility index (Phi) is 3.84. The fraction of sp³-hybridized carbons (Fsp3) is 0.429. The van der Waals surface area contributed by atoms with Crippen molar-refractivity contribution in [1.82, 2.24) is 15.1 Å². The number of hydrogen-bond acceptors (Lipinski definition) is 4. The number of rotatable bonds is 4. The monoisotopic (exact) mass is 290 g/mol. The lowest BCUT2D eigenvalue weighted by molar-refractivity contribution is -0.117. The second-order valence-electron chi connectivity index (χ2n) is 5.05. The Hall–Kier alpha value is -1.66. The summed E-state index contributed by atoms with van der Waals surface area (Å²) in [4.78, 5) is 13.2. The van der Waals surface area contributed by atoms with E-state index in [4.69, 9.17) is 0 Å². The van der Waals surface area contributed by atoms with Gasteiger partial charge in [0.15, 0.2) is 5.82 Å². The molecular formula is C14H18N4OS. The van der Waals surface area contributed by atoms with Crippen LogP contribution < -0.4 is 10.6 Å². The molecule has 5 nitrogen and oxygen atoms in total. The summed E-state index contributed by atoms with van der Waals surface area (Å²) in [6, 6.07) is 6.20. The second-order valence-corrected chi connectivity index (χ2v) is 6.03. The Morgan fingerprint density at radius 2 is 2.50 bits per heavy atom. The summed E-state index contributed by atoms with van der Waals surface area (Å²) in [6.07, 6.45) is 3.02. The molecule has 2 N–H and O–H groups in total. The van der Waals surface area contributed by atoms with Gasteiger partial charge in [-0.2, -0.15) is 5.10 Å². The number of carbonyl (C=O) groups is 1. The fourth-order valence-electron chi connectivity index (χ4n) is 2.37. The van der Waals surface area contributed by atoms with E-state index in [1.165, 1.54) is 0 Å². The lowest BCUT2D eigenvalue weighted by Crippen LogP contribution is -2.19. The summed E-state index contributed by atoms with van der Waals surface area (Å²) < 4.78 is 1.94. The number of anilines is 1. The van der Waals surface area contributed by atoms with Crippen LogP contribution >= 0.6 is 11.3 Å². The van der Waals surface area contributed by atoms with Crippen molar-refractivity contribution in [3.63, 3.8) is 0 Å². The Bertz CT molecular complexity index is 572. The van der Waals surface area contributed by atoms with Crippen LogP contribution in [0.25, 0.3) is 0 Å². The van der Waals surface area contributed by atoms with E-state index in [1.54, 1.807) is 11.3 Å². The normalized spacial score (nSPS) is 19.9. The van der Waals surface area contributed by atoms with Crippen LogP contribution in [0, 0.1) is 0 Å². The number of carbonyl (C=O) groups excluding carboxylic acids is 1. The summed E-state index contributed by atoms with van der Waals surface area (Å²) in [5.74, 6) is 0.473. The van der Waals surface area contributed by atoms with Crippen LogP contribution in [0.15, 0.2) is 29.8 Å². The van der Waals surface area contributed by atoms with Crippen molar-refractivity contribution in [3.8, 4) is 0 Å². The maximum Gasteiger partial charge on any atom is 0.233 e. The van der Waals surface area contributed by atoms with Crippen molar-refractivity contribution in [2.45, 2.75) is 25.3 Å². The van der Waals surface area contributed by atoms with Gasteiger partial charge in [0.1, 0.15) is 0 Å². The van der Waals surface area contributed by atoms with E-state index in [1.807, 2.05) is 41.4 Å². The molecule has 106 valence electrons. The highest BCUT2D eigenvalue weighted by Gasteiger charge is 2.19. The summed E-state index contributed by atoms with van der Waals surface area (Å²) in [7, 11) is 0. The zero-order valence-electron chi connectivity index (χ0n) is 11.4. The number of thiophene rings is 1. The molecule has 2 aromatic heterocycles. The molecule has 20 heavy (non-hydrogen) atoms. The van der Waals surface area contributed by atoms with E-state index in [2.05, 4.69) is 15.7 Å². The molecule has 1 aliphatic rings. The highest BCUT2D eigenvalue weighted by molar-refractivity contribution is 7.10. The Morgan fingerprint density at radius 1 is 1.60 bits per heavy atom. The lowest BCUT2D eigenvalue weighted by atomic mass is 10.1. The van der Waals surface area contributed by atoms with Crippen LogP contribution in [0.3, 0.4) is 0 Å². The Labute approximate surface area is 122 Å². The first-order valence-corrected chi connectivity index (χ1v) is 7.72. The molecule has 0 aliphatic carbocycles. The van der Waals surface area contributed by atoms with Gasteiger partial charge in [-0.1, -0.05) is 6.07 Å². The largest absolute Gasteiger partial charge is 0.315 e. The van der Waals surface area contributed by atoms with Gasteiger partial charge in [-0.05, 0) is 31.3 Å². The molecule has 0 spiro atoms. The summed E-state index contributed by atoms with van der Waals surface area (Å²) >= 11 is 1.60. The molecule has 0 bridgehead atoms. The summed E-state index contributed by atoms with van der Waals surface area (Å²) in [5.41, 5.74) is 0. The molecule has 1 fully saturated rings. The SMILES string of the molecule is C[C@@H](C(=O)Nc1ccn([C@H]2CCNC2)n1)c1cccs1. The minimum atomic E-state index is -0.145. The first kappa shape index (κ1) is 13.3. The third-order valence-corrected chi connectivity index (χ3v) is 4.69. The smallest absolute Gasteiger partial charge is 0.233 e. The van der Waals surface area contributed by atoms with Crippen LogP contribution in [0.1, 0.15) is 30.2 Å². The van der Waals surface area contributed by atoms with E-state index < -0.39 is 0 Å². The maximum absolute atomic E-state index is 12.2. The number of hydrogen-bond donors (Lipinski definition) is 2. The molecule has 3 rings (SSSR count). The molecular weight excluding hydrogens is 272 g/mol. The number of nitrogens with one attached hydrogen (secondary N) is 2. The van der Waals surface area contributed by atoms with E-state index in [0.29, 0.717) is 11.9 Å². The zero-order chi connectivity index (χ0) is 13.9. The third kappa shape index (κ3) is 2.76. The molecule has 0 unspecified atom stereocenters. The summed E-state index contributed by atoms with van der Waals surface area (Å²) in [5, 5.41) is 12.6. The minimum absolute atomic E-state index is 0.0118. The average Bonchev–Trinajstić information content (AvgIpc) is 3.19. The number of amides is 1. The highest BCUT2D eigenvalue weighted by atomic mass is 32.1. The van der Waals surface area contributed by atoms with Crippen LogP contribution in [-0.2, 0) is 4.79 Å². The predicted molar refractivity (Wildman–Crippen MR) is 80.1 cm³/mol. The van der Waals surface area contributed by atoms with Crippen LogP contribution in [0.4, 0.5) is 5.82 Å². The predicted octanol–water partition coefficient (Wildman–Crippen LogP) is 2.22. The zero-order valence-corrected chi connectivity index (χ0v) is 12.2. The van der Waals surface area contributed by atoms with Crippen molar-refractivity contribution < 1.29 is 4.79 Å². The quantitative estimate of drug-likeness (QED) is 0.907. The molecule has 1 saturated heterocycles. The molecule has 6 heteroatoms. The van der Waals surface area contributed by atoms with E-state index in [9.17, 15) is 4.79 Å². The van der Waals surface area contributed by atoms with E-state index in [-0.39, 0.29) is 11.8 Å². The average molecular weight is 290 g/mol. The number of aromatic nitrogens is 2. The maximum atomic E-state index is 12.2. The van der Waals surface area contributed by atoms with Gasteiger partial charge in [0.05, 0.1) is 12.0 Å². The van der Waals surface area contributed by atoms with Gasteiger partial charge in [0.25, 0.3) is 0 Å². The fourth-order valence-corrected chi connectivity index (χ4v) is 3.16. The molecule has 1 aliphatic heterocycles. The highest BCUT2D eigenvalue weighted by Crippen LogP contribution is 2.22. The van der Waals surface area contributed by atoms with Gasteiger partial charge in [0.2, 0.25) is 5.91 Å². The second kappa shape index (κ2) is 5.76. The Morgan fingerprint density at radius 3 is 3.20 bits per heavy atom. The van der Waals surface area contributed by atoms with Gasteiger partial charge in [-0.15, -0.1) is 11.3 Å². The molecule has 2 aromatic rings. The Balaban J connectivity index is 1.64. The van der Waals surface area contributed by atoms with E-state index >= 15 is 0 Å². The van der Waals surface area contributed by atoms with Crippen molar-refractivity contribution >= 4 is 23.1 Å². The molecule has 1 amide bonds. The molecule has 0 saturated carbocycles. The topological polar surface area (TPSA) is 59.0 Å². The van der Waals surface area contributed by atoms with Gasteiger partial charge >= 0.3 is 0 Å². The van der Waals surface area contributed by atoms with Crippen molar-refractivity contribution in [2.75, 3.05) is 18.4 Å². The third-order valence-electron chi connectivity index (χ3n) is 3.63. The van der Waals surface area contributed by atoms with Gasteiger partial charge in [0, 0.05) is 23.7 Å².